The molecule has 0 aromatic rings. The van der Waals surface area contributed by atoms with Crippen LogP contribution in [0.5, 0.6) is 0 Å². The third kappa shape index (κ3) is 4.04. The number of aliphatic hydroxyl groups is 1. The molecule has 0 saturated heterocycles. The van der Waals surface area contributed by atoms with Crippen LogP contribution in [-0.2, 0) is 9.47 Å². The van der Waals surface area contributed by atoms with E-state index in [1.54, 1.807) is 0 Å². The molecule has 2 atom stereocenters. The average Bonchev–Trinajstić information content (AvgIpc) is 2.24. The SMILES string of the molecule is CCCOCCOC1CCCC(C)(C)C1O. The van der Waals surface area contributed by atoms with Gasteiger partial charge in [-0.2, -0.15) is 0 Å². The van der Waals surface area contributed by atoms with Crippen molar-refractivity contribution in [3.05, 3.63) is 0 Å². The highest BCUT2D eigenvalue weighted by molar-refractivity contribution is 4.88. The summed E-state index contributed by atoms with van der Waals surface area (Å²) in [5.74, 6) is 0. The summed E-state index contributed by atoms with van der Waals surface area (Å²) in [6.07, 6.45) is 3.89. The van der Waals surface area contributed by atoms with Gasteiger partial charge in [0.1, 0.15) is 0 Å². The zero-order valence-corrected chi connectivity index (χ0v) is 10.9. The molecular formula is C13H26O3. The molecule has 1 saturated carbocycles. The lowest BCUT2D eigenvalue weighted by atomic mass is 9.73. The maximum Gasteiger partial charge on any atom is 0.0852 e. The molecule has 0 spiro atoms. The Balaban J connectivity index is 2.20. The highest BCUT2D eigenvalue weighted by Gasteiger charge is 2.38. The van der Waals surface area contributed by atoms with E-state index in [4.69, 9.17) is 9.47 Å². The Morgan fingerprint density at radius 2 is 2.00 bits per heavy atom. The lowest BCUT2D eigenvalue weighted by molar-refractivity contribution is -0.120. The quantitative estimate of drug-likeness (QED) is 0.712. The first-order chi connectivity index (χ1) is 7.58. The number of hydrogen-bond donors (Lipinski definition) is 1. The Morgan fingerprint density at radius 3 is 2.69 bits per heavy atom. The molecule has 16 heavy (non-hydrogen) atoms. The summed E-state index contributed by atoms with van der Waals surface area (Å²) in [4.78, 5) is 0. The lowest BCUT2D eigenvalue weighted by Crippen LogP contribution is -2.44. The van der Waals surface area contributed by atoms with Gasteiger partial charge in [0.15, 0.2) is 0 Å². The fraction of sp³-hybridized carbons (Fsp3) is 1.00. The summed E-state index contributed by atoms with van der Waals surface area (Å²) in [6, 6.07) is 0. The van der Waals surface area contributed by atoms with E-state index in [1.807, 2.05) is 0 Å². The fourth-order valence-corrected chi connectivity index (χ4v) is 2.25. The summed E-state index contributed by atoms with van der Waals surface area (Å²) in [5.41, 5.74) is -0.00675. The summed E-state index contributed by atoms with van der Waals surface area (Å²) >= 11 is 0. The van der Waals surface area contributed by atoms with Crippen LogP contribution in [0.1, 0.15) is 46.5 Å². The molecule has 1 N–H and O–H groups in total. The van der Waals surface area contributed by atoms with Gasteiger partial charge in [0.05, 0.1) is 25.4 Å². The highest BCUT2D eigenvalue weighted by Crippen LogP contribution is 2.36. The Bertz CT molecular complexity index is 192. The van der Waals surface area contributed by atoms with Crippen molar-refractivity contribution in [1.29, 1.82) is 0 Å². The molecule has 1 aliphatic carbocycles. The number of rotatable bonds is 6. The minimum atomic E-state index is -0.340. The summed E-state index contributed by atoms with van der Waals surface area (Å²) in [5, 5.41) is 10.1. The third-order valence-corrected chi connectivity index (χ3v) is 3.37. The van der Waals surface area contributed by atoms with E-state index in [-0.39, 0.29) is 17.6 Å². The molecule has 0 heterocycles. The number of aliphatic hydroxyl groups excluding tert-OH is 1. The predicted molar refractivity (Wildman–Crippen MR) is 64.5 cm³/mol. The molecule has 1 fully saturated rings. The van der Waals surface area contributed by atoms with Crippen molar-refractivity contribution in [3.63, 3.8) is 0 Å². The molecule has 0 aliphatic heterocycles. The maximum absolute atomic E-state index is 10.1. The van der Waals surface area contributed by atoms with Gasteiger partial charge in [-0.25, -0.2) is 0 Å². The molecule has 96 valence electrons. The first kappa shape index (κ1) is 13.9. The molecule has 0 radical (unpaired) electrons. The zero-order valence-electron chi connectivity index (χ0n) is 10.9. The topological polar surface area (TPSA) is 38.7 Å². The number of ether oxygens (including phenoxy) is 2. The Kier molecular flexibility index (Phi) is 5.73. The minimum absolute atomic E-state index is 0.00558. The van der Waals surface area contributed by atoms with Gasteiger partial charge in [0, 0.05) is 6.61 Å². The van der Waals surface area contributed by atoms with Crippen LogP contribution in [0.2, 0.25) is 0 Å². The molecule has 0 aromatic heterocycles. The van der Waals surface area contributed by atoms with Crippen LogP contribution in [0.4, 0.5) is 0 Å². The van der Waals surface area contributed by atoms with Crippen LogP contribution >= 0.6 is 0 Å². The van der Waals surface area contributed by atoms with Crippen molar-refractivity contribution in [3.8, 4) is 0 Å². The molecule has 3 heteroatoms. The zero-order chi connectivity index (χ0) is 12.0. The van der Waals surface area contributed by atoms with Crippen LogP contribution in [0.3, 0.4) is 0 Å². The van der Waals surface area contributed by atoms with Gasteiger partial charge < -0.3 is 14.6 Å². The van der Waals surface area contributed by atoms with E-state index in [0.29, 0.717) is 13.2 Å². The maximum atomic E-state index is 10.1. The van der Waals surface area contributed by atoms with Crippen LogP contribution in [0.25, 0.3) is 0 Å². The highest BCUT2D eigenvalue weighted by atomic mass is 16.5. The Morgan fingerprint density at radius 1 is 1.25 bits per heavy atom. The first-order valence-electron chi connectivity index (χ1n) is 6.45. The van der Waals surface area contributed by atoms with Crippen LogP contribution in [0, 0.1) is 5.41 Å². The molecule has 2 unspecified atom stereocenters. The van der Waals surface area contributed by atoms with Gasteiger partial charge in [-0.15, -0.1) is 0 Å². The van der Waals surface area contributed by atoms with E-state index >= 15 is 0 Å². The van der Waals surface area contributed by atoms with Gasteiger partial charge in [-0.3, -0.25) is 0 Å². The van der Waals surface area contributed by atoms with E-state index < -0.39 is 0 Å². The lowest BCUT2D eigenvalue weighted by Gasteiger charge is -2.40. The normalized spacial score (nSPS) is 29.2. The second-order valence-corrected chi connectivity index (χ2v) is 5.35. The minimum Gasteiger partial charge on any atom is -0.390 e. The van der Waals surface area contributed by atoms with Crippen molar-refractivity contribution in [2.24, 2.45) is 5.41 Å². The van der Waals surface area contributed by atoms with Crippen molar-refractivity contribution < 1.29 is 14.6 Å². The van der Waals surface area contributed by atoms with Crippen LogP contribution < -0.4 is 0 Å². The van der Waals surface area contributed by atoms with Gasteiger partial charge in [-0.05, 0) is 24.7 Å². The Labute approximate surface area is 99.1 Å². The second kappa shape index (κ2) is 6.58. The van der Waals surface area contributed by atoms with E-state index in [9.17, 15) is 5.11 Å². The van der Waals surface area contributed by atoms with Crippen molar-refractivity contribution in [2.75, 3.05) is 19.8 Å². The Hall–Kier alpha value is -0.120. The second-order valence-electron chi connectivity index (χ2n) is 5.35. The molecule has 3 nitrogen and oxygen atoms in total. The first-order valence-corrected chi connectivity index (χ1v) is 6.45. The van der Waals surface area contributed by atoms with Gasteiger partial charge in [0.2, 0.25) is 0 Å². The van der Waals surface area contributed by atoms with Crippen LogP contribution in [-0.4, -0.2) is 37.1 Å². The smallest absolute Gasteiger partial charge is 0.0852 e. The standard InChI is InChI=1S/C13H26O3/c1-4-8-15-9-10-16-11-6-5-7-13(2,3)12(11)14/h11-12,14H,4-10H2,1-3H3. The van der Waals surface area contributed by atoms with Crippen molar-refractivity contribution in [1.82, 2.24) is 0 Å². The van der Waals surface area contributed by atoms with Crippen LogP contribution in [0.15, 0.2) is 0 Å². The van der Waals surface area contributed by atoms with E-state index in [1.165, 1.54) is 0 Å². The third-order valence-electron chi connectivity index (χ3n) is 3.37. The number of hydrogen-bond acceptors (Lipinski definition) is 3. The molecule has 0 bridgehead atoms. The summed E-state index contributed by atoms with van der Waals surface area (Å²) in [6.45, 7) is 8.34. The predicted octanol–water partition coefficient (Wildman–Crippen LogP) is 2.37. The molecular weight excluding hydrogens is 204 g/mol. The van der Waals surface area contributed by atoms with Gasteiger partial charge in [-0.1, -0.05) is 27.2 Å². The van der Waals surface area contributed by atoms with Gasteiger partial charge in [0.25, 0.3) is 0 Å². The summed E-state index contributed by atoms with van der Waals surface area (Å²) < 4.78 is 11.1. The molecule has 0 amide bonds. The molecule has 1 rings (SSSR count). The van der Waals surface area contributed by atoms with E-state index in [2.05, 4.69) is 20.8 Å². The largest absolute Gasteiger partial charge is 0.390 e. The van der Waals surface area contributed by atoms with E-state index in [0.717, 1.165) is 32.3 Å². The average molecular weight is 230 g/mol. The van der Waals surface area contributed by atoms with Crippen molar-refractivity contribution >= 4 is 0 Å². The monoisotopic (exact) mass is 230 g/mol. The van der Waals surface area contributed by atoms with Gasteiger partial charge >= 0.3 is 0 Å². The van der Waals surface area contributed by atoms with Crippen molar-refractivity contribution in [2.45, 2.75) is 58.7 Å². The summed E-state index contributed by atoms with van der Waals surface area (Å²) in [7, 11) is 0. The fourth-order valence-electron chi connectivity index (χ4n) is 2.25. The molecule has 1 aliphatic rings. The molecule has 0 aromatic carbocycles.